The number of hydrogen-bond donors (Lipinski definition) is 0. The third kappa shape index (κ3) is 121. The first-order valence-corrected chi connectivity index (χ1v) is 3.62. The molecule has 6 nitrogen and oxygen atoms in total. The predicted octanol–water partition coefficient (Wildman–Crippen LogP) is 3.27. The average Bonchev–Trinajstić information content (AvgIpc) is 2.18. The van der Waals surface area contributed by atoms with Crippen molar-refractivity contribution in [2.24, 2.45) is 0 Å². The molecule has 0 aliphatic heterocycles. The van der Waals surface area contributed by atoms with Crippen LogP contribution in [-0.4, -0.2) is 39.3 Å². The van der Waals surface area contributed by atoms with Gasteiger partial charge < -0.3 is 34.4 Å². The van der Waals surface area contributed by atoms with Crippen LogP contribution in [-0.2, 0) is 16.8 Å². The molecule has 0 aliphatic rings. The van der Waals surface area contributed by atoms with Crippen molar-refractivity contribution in [3.05, 3.63) is 34.4 Å². The molecule has 0 aromatic rings. The molecule has 0 spiro atoms. The summed E-state index contributed by atoms with van der Waals surface area (Å²) in [6.07, 6.45) is 0. The van der Waals surface area contributed by atoms with Crippen molar-refractivity contribution >= 4 is 0 Å². The molecule has 0 fully saturated rings. The second-order valence-electron chi connectivity index (χ2n) is 1.50. The minimum absolute atomic E-state index is 0. The fourth-order valence-electron chi connectivity index (χ4n) is 0. The quantitative estimate of drug-likeness (QED) is 0.704. The zero-order chi connectivity index (χ0) is 10.2. The Morgan fingerprint density at radius 3 is 0.462 bits per heavy atom. The van der Waals surface area contributed by atoms with Gasteiger partial charge in [0.15, 0.2) is 0 Å². The van der Waals surface area contributed by atoms with E-state index in [1.54, 1.807) is 0 Å². The van der Waals surface area contributed by atoms with E-state index in [2.05, 4.69) is 0 Å². The van der Waals surface area contributed by atoms with Crippen LogP contribution in [0.15, 0.2) is 0 Å². The van der Waals surface area contributed by atoms with Crippen molar-refractivity contribution in [1.82, 2.24) is 0 Å². The van der Waals surface area contributed by atoms with Gasteiger partial charge in [-0.05, 0) is 0 Å². The molecule has 0 rings (SSSR count). The van der Waals surface area contributed by atoms with Crippen LogP contribution in [0.25, 0.3) is 34.4 Å². The van der Waals surface area contributed by atoms with Gasteiger partial charge in [0, 0.05) is 0 Å². The van der Waals surface area contributed by atoms with Crippen LogP contribution in [0.3, 0.4) is 0 Å². The topological polar surface area (TPSA) is 143 Å². The van der Waals surface area contributed by atoms with E-state index in [0.29, 0.717) is 0 Å². The third-order valence-electron chi connectivity index (χ3n) is 0.375. The Kier molecular flexibility index (Phi) is 70.9. The molecule has 7 heteroatoms. The van der Waals surface area contributed by atoms with Crippen LogP contribution in [0.1, 0.15) is 0 Å². The Morgan fingerprint density at radius 1 is 0.385 bits per heavy atom. The number of hydrogen-bond acceptors (Lipinski definition) is 0. The van der Waals surface area contributed by atoms with E-state index in [0.717, 1.165) is 0 Å². The maximum Gasteiger partial charge on any atom is 3.00 e. The Morgan fingerprint density at radius 2 is 0.462 bits per heavy atom. The van der Waals surface area contributed by atoms with Gasteiger partial charge in [0.1, 0.15) is 0 Å². The van der Waals surface area contributed by atoms with Gasteiger partial charge in [-0.15, -0.1) is 0 Å². The molecule has 0 atom stereocenters. The summed E-state index contributed by atoms with van der Waals surface area (Å²) < 4.78 is 0. The van der Waals surface area contributed by atoms with Gasteiger partial charge >= 0.3 is 16.8 Å². The first-order valence-electron chi connectivity index (χ1n) is 3.62. The third-order valence-corrected chi connectivity index (χ3v) is 0.375. The molecule has 0 aliphatic carbocycles. The maximum absolute atomic E-state index is 6.26. The second kappa shape index (κ2) is 39.7. The smallest absolute Gasteiger partial charge is 0.679 e. The van der Waals surface area contributed by atoms with E-state index in [-0.39, 0.29) is 56.0 Å². The van der Waals surface area contributed by atoms with Crippen molar-refractivity contribution < 1.29 is 16.8 Å². The summed E-state index contributed by atoms with van der Waals surface area (Å²) in [5, 5.41) is 0. The summed E-state index contributed by atoms with van der Waals surface area (Å²) in [4.78, 5) is 0. The van der Waals surface area contributed by atoms with Gasteiger partial charge in [0.25, 0.3) is 0 Å². The average molecular weight is 233 g/mol. The number of nitrogens with one attached hydrogen (secondary N) is 6. The largest absolute Gasteiger partial charge is 3.00 e. The molecule has 0 aromatic heterocycles. The summed E-state index contributed by atoms with van der Waals surface area (Å²) >= 11 is 0. The van der Waals surface area contributed by atoms with Crippen molar-refractivity contribution in [3.8, 4) is 0 Å². The normalized spacial score (nSPS) is 6.92. The van der Waals surface area contributed by atoms with Crippen LogP contribution >= 0.6 is 0 Å². The van der Waals surface area contributed by atoms with Gasteiger partial charge in [0.2, 0.25) is 0 Å². The van der Waals surface area contributed by atoms with Gasteiger partial charge in [-0.2, -0.15) is 39.3 Å². The Bertz CT molecular complexity index is 32.6. The molecule has 0 aromatic carbocycles. The fourth-order valence-corrected chi connectivity index (χ4v) is 0. The summed E-state index contributed by atoms with van der Waals surface area (Å²) in [7, 11) is 0. The van der Waals surface area contributed by atoms with Crippen LogP contribution in [0.4, 0.5) is 0 Å². The standard InChI is InChI=1S/3C2H6N2.Co/c3*3-1-2-4;/h3*3-4H,1-2H2;/q3*-2;+3. The number of rotatable bonds is 3. The Labute approximate surface area is 90.9 Å². The molecule has 0 saturated heterocycles. The molecule has 0 unspecified atom stereocenters. The molecular formula is C6H18CoN6-3. The van der Waals surface area contributed by atoms with E-state index < -0.39 is 0 Å². The van der Waals surface area contributed by atoms with E-state index in [4.69, 9.17) is 34.4 Å². The Hall–Kier alpha value is 0.266. The maximum atomic E-state index is 6.26. The van der Waals surface area contributed by atoms with Crippen molar-refractivity contribution in [2.45, 2.75) is 0 Å². The SMILES string of the molecule is [Co+3].[NH-]CC[NH-].[NH-]CC[NH-].[NH-]CC[NH-]. The molecular weight excluding hydrogens is 215 g/mol. The zero-order valence-corrected chi connectivity index (χ0v) is 8.62. The first kappa shape index (κ1) is 23.2. The van der Waals surface area contributed by atoms with Crippen molar-refractivity contribution in [2.75, 3.05) is 39.3 Å². The van der Waals surface area contributed by atoms with Crippen molar-refractivity contribution in [3.63, 3.8) is 0 Å². The molecule has 0 saturated carbocycles. The molecule has 6 N–H and O–H groups in total. The molecule has 0 amide bonds. The van der Waals surface area contributed by atoms with Gasteiger partial charge in [-0.1, -0.05) is 0 Å². The van der Waals surface area contributed by atoms with Crippen LogP contribution in [0.2, 0.25) is 0 Å². The zero-order valence-electron chi connectivity index (χ0n) is 7.58. The minimum atomic E-state index is 0. The van der Waals surface area contributed by atoms with E-state index in [1.807, 2.05) is 0 Å². The van der Waals surface area contributed by atoms with Crippen LogP contribution < -0.4 is 0 Å². The minimum Gasteiger partial charge on any atom is -0.679 e. The summed E-state index contributed by atoms with van der Waals surface area (Å²) in [5.74, 6) is 0. The first-order chi connectivity index (χ1) is 5.74. The molecule has 0 radical (unpaired) electrons. The van der Waals surface area contributed by atoms with Crippen LogP contribution in [0.5, 0.6) is 0 Å². The van der Waals surface area contributed by atoms with Crippen LogP contribution in [0, 0.1) is 0 Å². The summed E-state index contributed by atoms with van der Waals surface area (Å²) in [6, 6.07) is 0. The van der Waals surface area contributed by atoms with Gasteiger partial charge in [0.05, 0.1) is 0 Å². The monoisotopic (exact) mass is 233 g/mol. The van der Waals surface area contributed by atoms with E-state index in [1.165, 1.54) is 0 Å². The molecule has 0 bridgehead atoms. The van der Waals surface area contributed by atoms with Gasteiger partial charge in [-0.25, -0.2) is 0 Å². The predicted molar refractivity (Wildman–Crippen MR) is 55.1 cm³/mol. The Balaban J connectivity index is -0.0000000450. The van der Waals surface area contributed by atoms with E-state index >= 15 is 0 Å². The summed E-state index contributed by atoms with van der Waals surface area (Å²) in [6.45, 7) is 1.42. The molecule has 13 heavy (non-hydrogen) atoms. The molecule has 84 valence electrons. The summed E-state index contributed by atoms with van der Waals surface area (Å²) in [5.41, 5.74) is 37.6. The van der Waals surface area contributed by atoms with Crippen molar-refractivity contribution in [1.29, 1.82) is 0 Å². The van der Waals surface area contributed by atoms with E-state index in [9.17, 15) is 0 Å². The molecule has 0 heterocycles. The van der Waals surface area contributed by atoms with Gasteiger partial charge in [-0.3, -0.25) is 0 Å². The fraction of sp³-hybridized carbons (Fsp3) is 1.00. The second-order valence-corrected chi connectivity index (χ2v) is 1.50.